The molecule has 3 rings (SSSR count). The lowest BCUT2D eigenvalue weighted by atomic mass is 10.0. The molecule has 1 aromatic rings. The maximum Gasteiger partial charge on any atom is 0.246 e. The maximum atomic E-state index is 12.6. The Morgan fingerprint density at radius 1 is 1.40 bits per heavy atom. The molecule has 2 aliphatic rings. The fourth-order valence-corrected chi connectivity index (χ4v) is 3.93. The normalized spacial score (nSPS) is 26.3. The highest BCUT2D eigenvalue weighted by molar-refractivity contribution is 7.09. The van der Waals surface area contributed by atoms with Crippen LogP contribution < -0.4 is 0 Å². The molecule has 0 saturated carbocycles. The Hall–Kier alpha value is -1.43. The summed E-state index contributed by atoms with van der Waals surface area (Å²) in [6.45, 7) is 5.10. The standard InChI is InChI=1S/C14H19N3O2S/c1-3-10-13(18)16-6-4-5-11(16)14(19)17(10)7-12-15-9(2)8-20-12/h8,10-11H,3-7H2,1-2H3. The second kappa shape index (κ2) is 5.16. The lowest BCUT2D eigenvalue weighted by molar-refractivity contribution is -0.160. The zero-order chi connectivity index (χ0) is 14.3. The van der Waals surface area contributed by atoms with Gasteiger partial charge in [0, 0.05) is 17.6 Å². The van der Waals surface area contributed by atoms with Gasteiger partial charge in [-0.3, -0.25) is 9.59 Å². The van der Waals surface area contributed by atoms with Crippen molar-refractivity contribution >= 4 is 23.2 Å². The third kappa shape index (κ3) is 2.12. The lowest BCUT2D eigenvalue weighted by Crippen LogP contribution is -2.62. The van der Waals surface area contributed by atoms with Crippen molar-refractivity contribution in [2.45, 2.75) is 51.7 Å². The molecule has 108 valence electrons. The summed E-state index contributed by atoms with van der Waals surface area (Å²) in [4.78, 5) is 33.1. The molecule has 3 heterocycles. The number of carbonyl (C=O) groups is 2. The minimum atomic E-state index is -0.318. The van der Waals surface area contributed by atoms with Crippen LogP contribution >= 0.6 is 11.3 Å². The number of amides is 2. The van der Waals surface area contributed by atoms with Gasteiger partial charge in [0.25, 0.3) is 0 Å². The monoisotopic (exact) mass is 293 g/mol. The molecule has 0 radical (unpaired) electrons. The molecule has 20 heavy (non-hydrogen) atoms. The van der Waals surface area contributed by atoms with Gasteiger partial charge in [0.05, 0.1) is 6.54 Å². The Morgan fingerprint density at radius 2 is 2.20 bits per heavy atom. The van der Waals surface area contributed by atoms with Gasteiger partial charge in [0.1, 0.15) is 17.1 Å². The van der Waals surface area contributed by atoms with Crippen molar-refractivity contribution in [3.05, 3.63) is 16.1 Å². The number of piperazine rings is 1. The van der Waals surface area contributed by atoms with Crippen LogP contribution in [-0.2, 0) is 16.1 Å². The molecule has 0 aliphatic carbocycles. The SMILES string of the molecule is CCC1C(=O)N2CCCC2C(=O)N1Cc1nc(C)cs1. The molecule has 2 atom stereocenters. The van der Waals surface area contributed by atoms with Gasteiger partial charge in [-0.1, -0.05) is 6.92 Å². The molecule has 0 bridgehead atoms. The molecule has 2 aliphatic heterocycles. The molecule has 2 unspecified atom stereocenters. The maximum absolute atomic E-state index is 12.6. The van der Waals surface area contributed by atoms with Gasteiger partial charge >= 0.3 is 0 Å². The molecule has 0 aromatic carbocycles. The Bertz CT molecular complexity index is 542. The molecule has 0 N–H and O–H groups in total. The van der Waals surface area contributed by atoms with Crippen molar-refractivity contribution in [1.29, 1.82) is 0 Å². The first kappa shape index (κ1) is 13.5. The number of aryl methyl sites for hydroxylation is 1. The third-order valence-electron chi connectivity index (χ3n) is 4.12. The Balaban J connectivity index is 1.86. The Morgan fingerprint density at radius 3 is 2.85 bits per heavy atom. The van der Waals surface area contributed by atoms with Gasteiger partial charge in [-0.2, -0.15) is 0 Å². The molecular formula is C14H19N3O2S. The minimum Gasteiger partial charge on any atom is -0.329 e. The predicted octanol–water partition coefficient (Wildman–Crippen LogP) is 1.56. The van der Waals surface area contributed by atoms with Gasteiger partial charge in [-0.25, -0.2) is 4.98 Å². The van der Waals surface area contributed by atoms with E-state index in [1.807, 2.05) is 19.2 Å². The van der Waals surface area contributed by atoms with Crippen LogP contribution in [0, 0.1) is 6.92 Å². The van der Waals surface area contributed by atoms with Gasteiger partial charge < -0.3 is 9.80 Å². The smallest absolute Gasteiger partial charge is 0.246 e. The fraction of sp³-hybridized carbons (Fsp3) is 0.643. The molecular weight excluding hydrogens is 274 g/mol. The number of rotatable bonds is 3. The highest BCUT2D eigenvalue weighted by Crippen LogP contribution is 2.29. The van der Waals surface area contributed by atoms with Crippen LogP contribution in [0.15, 0.2) is 5.38 Å². The second-order valence-electron chi connectivity index (χ2n) is 5.46. The van der Waals surface area contributed by atoms with Crippen molar-refractivity contribution in [2.24, 2.45) is 0 Å². The summed E-state index contributed by atoms with van der Waals surface area (Å²) < 4.78 is 0. The first-order valence-electron chi connectivity index (χ1n) is 7.13. The zero-order valence-electron chi connectivity index (χ0n) is 11.8. The molecule has 6 heteroatoms. The third-order valence-corrected chi connectivity index (χ3v) is 5.08. The molecule has 0 spiro atoms. The highest BCUT2D eigenvalue weighted by Gasteiger charge is 2.47. The fourth-order valence-electron chi connectivity index (χ4n) is 3.16. The van der Waals surface area contributed by atoms with Crippen molar-refractivity contribution in [2.75, 3.05) is 6.54 Å². The van der Waals surface area contributed by atoms with Crippen LogP contribution in [0.4, 0.5) is 0 Å². The topological polar surface area (TPSA) is 53.5 Å². The molecule has 5 nitrogen and oxygen atoms in total. The van der Waals surface area contributed by atoms with E-state index < -0.39 is 0 Å². The number of nitrogens with zero attached hydrogens (tertiary/aromatic N) is 3. The van der Waals surface area contributed by atoms with E-state index in [1.54, 1.807) is 21.1 Å². The molecule has 1 aromatic heterocycles. The van der Waals surface area contributed by atoms with Crippen molar-refractivity contribution < 1.29 is 9.59 Å². The van der Waals surface area contributed by atoms with E-state index in [0.29, 0.717) is 13.0 Å². The summed E-state index contributed by atoms with van der Waals surface area (Å²) in [5.41, 5.74) is 0.969. The number of hydrogen-bond acceptors (Lipinski definition) is 4. The van der Waals surface area contributed by atoms with Crippen LogP contribution in [0.1, 0.15) is 36.9 Å². The van der Waals surface area contributed by atoms with E-state index in [0.717, 1.165) is 30.1 Å². The molecule has 2 amide bonds. The van der Waals surface area contributed by atoms with Gasteiger partial charge in [-0.15, -0.1) is 11.3 Å². The first-order valence-corrected chi connectivity index (χ1v) is 8.01. The quantitative estimate of drug-likeness (QED) is 0.850. The largest absolute Gasteiger partial charge is 0.329 e. The lowest BCUT2D eigenvalue weighted by Gasteiger charge is -2.41. The van der Waals surface area contributed by atoms with Crippen molar-refractivity contribution in [1.82, 2.24) is 14.8 Å². The number of carbonyl (C=O) groups excluding carboxylic acids is 2. The Labute approximate surface area is 122 Å². The summed E-state index contributed by atoms with van der Waals surface area (Å²) in [7, 11) is 0. The van der Waals surface area contributed by atoms with Crippen molar-refractivity contribution in [3.63, 3.8) is 0 Å². The van der Waals surface area contributed by atoms with E-state index in [2.05, 4.69) is 4.98 Å². The van der Waals surface area contributed by atoms with E-state index in [-0.39, 0.29) is 23.9 Å². The predicted molar refractivity (Wildman–Crippen MR) is 76.2 cm³/mol. The van der Waals surface area contributed by atoms with Gasteiger partial charge in [0.15, 0.2) is 0 Å². The first-order chi connectivity index (χ1) is 9.61. The van der Waals surface area contributed by atoms with E-state index >= 15 is 0 Å². The van der Waals surface area contributed by atoms with Crippen LogP contribution in [0.2, 0.25) is 0 Å². The summed E-state index contributed by atoms with van der Waals surface area (Å²) in [5, 5.41) is 2.89. The van der Waals surface area contributed by atoms with Gasteiger partial charge in [-0.05, 0) is 26.2 Å². The van der Waals surface area contributed by atoms with E-state index in [4.69, 9.17) is 0 Å². The summed E-state index contributed by atoms with van der Waals surface area (Å²) in [5.74, 6) is 0.213. The number of thiazole rings is 1. The van der Waals surface area contributed by atoms with E-state index in [9.17, 15) is 9.59 Å². The zero-order valence-corrected chi connectivity index (χ0v) is 12.7. The summed E-state index contributed by atoms with van der Waals surface area (Å²) >= 11 is 1.55. The number of fused-ring (bicyclic) bond motifs is 1. The average molecular weight is 293 g/mol. The molecule has 2 fully saturated rings. The minimum absolute atomic E-state index is 0.0989. The Kier molecular flexibility index (Phi) is 3.50. The van der Waals surface area contributed by atoms with Crippen molar-refractivity contribution in [3.8, 4) is 0 Å². The van der Waals surface area contributed by atoms with Crippen LogP contribution in [0.25, 0.3) is 0 Å². The summed E-state index contributed by atoms with van der Waals surface area (Å²) in [6.07, 6.45) is 2.40. The van der Waals surface area contributed by atoms with Crippen LogP contribution in [-0.4, -0.2) is 45.2 Å². The number of hydrogen-bond donors (Lipinski definition) is 0. The van der Waals surface area contributed by atoms with Crippen LogP contribution in [0.5, 0.6) is 0 Å². The van der Waals surface area contributed by atoms with E-state index in [1.165, 1.54) is 0 Å². The summed E-state index contributed by atoms with van der Waals surface area (Å²) in [6, 6.07) is -0.549. The molecule has 2 saturated heterocycles. The van der Waals surface area contributed by atoms with Gasteiger partial charge in [0.2, 0.25) is 11.8 Å². The average Bonchev–Trinajstić information content (AvgIpc) is 3.05. The number of aromatic nitrogens is 1. The highest BCUT2D eigenvalue weighted by atomic mass is 32.1. The second-order valence-corrected chi connectivity index (χ2v) is 6.41. The van der Waals surface area contributed by atoms with Crippen LogP contribution in [0.3, 0.4) is 0 Å².